The SMILES string of the molecule is CN=c1scc(-c2cc(OC)c(OC)c(OC)c2)n1N=Cc1ccc(C)s1. The molecule has 1 aromatic carbocycles. The molecule has 2 heterocycles. The highest BCUT2D eigenvalue weighted by molar-refractivity contribution is 7.13. The van der Waals surface area contributed by atoms with Crippen LogP contribution in [0.1, 0.15) is 9.75 Å². The van der Waals surface area contributed by atoms with Gasteiger partial charge < -0.3 is 14.2 Å². The third kappa shape index (κ3) is 3.91. The highest BCUT2D eigenvalue weighted by Gasteiger charge is 2.16. The van der Waals surface area contributed by atoms with Gasteiger partial charge in [0.2, 0.25) is 10.6 Å². The lowest BCUT2D eigenvalue weighted by atomic mass is 10.1. The van der Waals surface area contributed by atoms with E-state index in [1.165, 1.54) is 16.2 Å². The summed E-state index contributed by atoms with van der Waals surface area (Å²) >= 11 is 3.22. The van der Waals surface area contributed by atoms with Gasteiger partial charge in [0.25, 0.3) is 0 Å². The molecule has 0 fully saturated rings. The molecule has 0 atom stereocenters. The first-order valence-corrected chi connectivity index (χ1v) is 9.85. The number of thiazole rings is 1. The van der Waals surface area contributed by atoms with E-state index in [4.69, 9.17) is 14.2 Å². The Morgan fingerprint density at radius 1 is 1.04 bits per heavy atom. The van der Waals surface area contributed by atoms with E-state index >= 15 is 0 Å². The summed E-state index contributed by atoms with van der Waals surface area (Å²) in [6, 6.07) is 7.95. The Bertz CT molecular complexity index is 1010. The van der Waals surface area contributed by atoms with Gasteiger partial charge >= 0.3 is 0 Å². The Hall–Kier alpha value is -2.58. The molecule has 0 amide bonds. The zero-order valence-corrected chi connectivity index (χ0v) is 17.5. The number of nitrogens with zero attached hydrogens (tertiary/aromatic N) is 3. The number of methoxy groups -OCH3 is 3. The van der Waals surface area contributed by atoms with E-state index in [-0.39, 0.29) is 0 Å². The number of benzene rings is 1. The molecule has 0 aliphatic rings. The van der Waals surface area contributed by atoms with Crippen molar-refractivity contribution in [2.45, 2.75) is 6.92 Å². The monoisotopic (exact) mass is 403 g/mol. The molecular weight excluding hydrogens is 382 g/mol. The van der Waals surface area contributed by atoms with Gasteiger partial charge in [0.05, 0.1) is 33.2 Å². The Balaban J connectivity index is 2.13. The van der Waals surface area contributed by atoms with Crippen LogP contribution in [0, 0.1) is 6.92 Å². The Morgan fingerprint density at radius 2 is 1.74 bits per heavy atom. The van der Waals surface area contributed by atoms with Crippen molar-refractivity contribution in [2.75, 3.05) is 28.4 Å². The third-order valence-corrected chi connectivity index (χ3v) is 5.74. The van der Waals surface area contributed by atoms with Crippen LogP contribution in [0.3, 0.4) is 0 Å². The van der Waals surface area contributed by atoms with Crippen molar-refractivity contribution in [1.29, 1.82) is 0 Å². The summed E-state index contributed by atoms with van der Waals surface area (Å²) in [5.74, 6) is 1.75. The summed E-state index contributed by atoms with van der Waals surface area (Å²) in [7, 11) is 6.55. The minimum absolute atomic E-state index is 0.559. The quantitative estimate of drug-likeness (QED) is 0.584. The van der Waals surface area contributed by atoms with Gasteiger partial charge in [-0.3, -0.25) is 4.99 Å². The summed E-state index contributed by atoms with van der Waals surface area (Å²) in [5.41, 5.74) is 1.79. The normalized spacial score (nSPS) is 12.0. The van der Waals surface area contributed by atoms with Gasteiger partial charge in [-0.15, -0.1) is 22.7 Å². The van der Waals surface area contributed by atoms with Crippen LogP contribution in [-0.2, 0) is 0 Å². The maximum atomic E-state index is 5.47. The van der Waals surface area contributed by atoms with Crippen LogP contribution in [-0.4, -0.2) is 39.3 Å². The predicted molar refractivity (Wildman–Crippen MR) is 111 cm³/mol. The molecule has 0 saturated heterocycles. The second kappa shape index (κ2) is 8.41. The maximum Gasteiger partial charge on any atom is 0.205 e. The lowest BCUT2D eigenvalue weighted by molar-refractivity contribution is 0.324. The van der Waals surface area contributed by atoms with Gasteiger partial charge in [0.1, 0.15) is 0 Å². The first-order valence-electron chi connectivity index (χ1n) is 8.15. The van der Waals surface area contributed by atoms with Gasteiger partial charge in [-0.1, -0.05) is 0 Å². The number of aromatic nitrogens is 1. The van der Waals surface area contributed by atoms with Crippen molar-refractivity contribution < 1.29 is 14.2 Å². The van der Waals surface area contributed by atoms with Crippen molar-refractivity contribution in [2.24, 2.45) is 10.1 Å². The van der Waals surface area contributed by atoms with Gasteiger partial charge in [-0.25, -0.2) is 4.68 Å². The number of ether oxygens (including phenoxy) is 3. The number of rotatable bonds is 6. The molecule has 0 radical (unpaired) electrons. The van der Waals surface area contributed by atoms with Crippen LogP contribution >= 0.6 is 22.7 Å². The van der Waals surface area contributed by atoms with Crippen molar-refractivity contribution in [1.82, 2.24) is 4.68 Å². The summed E-state index contributed by atoms with van der Waals surface area (Å²) in [6.07, 6.45) is 1.85. The number of hydrogen-bond donors (Lipinski definition) is 0. The third-order valence-electron chi connectivity index (χ3n) is 3.90. The largest absolute Gasteiger partial charge is 0.493 e. The van der Waals surface area contributed by atoms with Crippen LogP contribution in [0.15, 0.2) is 39.7 Å². The van der Waals surface area contributed by atoms with E-state index in [9.17, 15) is 0 Å². The van der Waals surface area contributed by atoms with E-state index in [0.29, 0.717) is 17.2 Å². The van der Waals surface area contributed by atoms with Gasteiger partial charge in [0, 0.05) is 27.7 Å². The molecule has 8 heteroatoms. The molecule has 3 aromatic rings. The number of aryl methyl sites for hydroxylation is 1. The molecule has 6 nitrogen and oxygen atoms in total. The van der Waals surface area contributed by atoms with Crippen molar-refractivity contribution in [3.8, 4) is 28.5 Å². The molecule has 0 saturated carbocycles. The van der Waals surface area contributed by atoms with Crippen molar-refractivity contribution in [3.05, 3.63) is 44.2 Å². The molecule has 0 aliphatic carbocycles. The predicted octanol–water partition coefficient (Wildman–Crippen LogP) is 4.03. The fourth-order valence-corrected chi connectivity index (χ4v) is 4.17. The molecule has 0 N–H and O–H groups in total. The van der Waals surface area contributed by atoms with Crippen LogP contribution in [0.25, 0.3) is 11.3 Å². The van der Waals surface area contributed by atoms with E-state index < -0.39 is 0 Å². The Kier molecular flexibility index (Phi) is 5.98. The summed E-state index contributed by atoms with van der Waals surface area (Å²) in [5, 5.41) is 6.67. The molecule has 27 heavy (non-hydrogen) atoms. The Labute approximate surface area is 166 Å². The molecule has 0 spiro atoms. The smallest absolute Gasteiger partial charge is 0.205 e. The first-order chi connectivity index (χ1) is 13.1. The van der Waals surface area contributed by atoms with E-state index in [0.717, 1.165) is 20.9 Å². The average molecular weight is 404 g/mol. The van der Waals surface area contributed by atoms with Crippen molar-refractivity contribution >= 4 is 28.9 Å². The van der Waals surface area contributed by atoms with E-state index in [1.807, 2.05) is 28.4 Å². The molecule has 0 bridgehead atoms. The average Bonchev–Trinajstić information content (AvgIpc) is 3.30. The van der Waals surface area contributed by atoms with E-state index in [2.05, 4.69) is 29.2 Å². The van der Waals surface area contributed by atoms with Crippen LogP contribution in [0.5, 0.6) is 17.2 Å². The lowest BCUT2D eigenvalue weighted by Gasteiger charge is -2.14. The maximum absolute atomic E-state index is 5.47. The molecule has 2 aromatic heterocycles. The minimum Gasteiger partial charge on any atom is -0.493 e. The highest BCUT2D eigenvalue weighted by Crippen LogP contribution is 2.41. The molecule has 3 rings (SSSR count). The zero-order valence-electron chi connectivity index (χ0n) is 15.8. The minimum atomic E-state index is 0.559. The van der Waals surface area contributed by atoms with E-state index in [1.54, 1.807) is 39.7 Å². The second-order valence-electron chi connectivity index (χ2n) is 5.55. The number of hydrogen-bond acceptors (Lipinski definition) is 7. The molecule has 142 valence electrons. The number of thiophene rings is 1. The second-order valence-corrected chi connectivity index (χ2v) is 7.70. The summed E-state index contributed by atoms with van der Waals surface area (Å²) in [4.78, 5) is 7.47. The van der Waals surface area contributed by atoms with Crippen LogP contribution < -0.4 is 19.0 Å². The lowest BCUT2D eigenvalue weighted by Crippen LogP contribution is -2.11. The molecule has 0 aliphatic heterocycles. The fraction of sp³-hybridized carbons (Fsp3) is 0.263. The zero-order chi connectivity index (χ0) is 19.4. The van der Waals surface area contributed by atoms with Gasteiger partial charge in [0.15, 0.2) is 11.5 Å². The summed E-state index contributed by atoms with van der Waals surface area (Å²) in [6.45, 7) is 2.08. The van der Waals surface area contributed by atoms with Crippen molar-refractivity contribution in [3.63, 3.8) is 0 Å². The van der Waals surface area contributed by atoms with Gasteiger partial charge in [-0.05, 0) is 31.2 Å². The highest BCUT2D eigenvalue weighted by atomic mass is 32.1. The topological polar surface area (TPSA) is 57.3 Å². The summed E-state index contributed by atoms with van der Waals surface area (Å²) < 4.78 is 18.2. The Morgan fingerprint density at radius 3 is 2.26 bits per heavy atom. The first kappa shape index (κ1) is 19.2. The standard InChI is InChI=1S/C19H21N3O3S2/c1-12-6-7-14(27-12)10-21-22-15(11-26-19(22)20-2)13-8-16(23-3)18(25-5)17(9-13)24-4/h6-11H,1-5H3. The van der Waals surface area contributed by atoms with Gasteiger partial charge in [-0.2, -0.15) is 5.10 Å². The van der Waals surface area contributed by atoms with Crippen LogP contribution in [0.2, 0.25) is 0 Å². The molecule has 0 unspecified atom stereocenters. The fourth-order valence-electron chi connectivity index (χ4n) is 2.63. The molecular formula is C19H21N3O3S2. The van der Waals surface area contributed by atoms with Crippen LogP contribution in [0.4, 0.5) is 0 Å².